The molecule has 5 atom stereocenters. The lowest BCUT2D eigenvalue weighted by molar-refractivity contribution is -0.143. The molecule has 0 aliphatic carbocycles. The quantitative estimate of drug-likeness (QED) is 0.261. The molecule has 12 nitrogen and oxygen atoms in total. The van der Waals surface area contributed by atoms with Crippen molar-refractivity contribution in [2.45, 2.75) is 80.4 Å². The number of amides is 6. The second-order valence-electron chi connectivity index (χ2n) is 12.6. The van der Waals surface area contributed by atoms with Gasteiger partial charge in [-0.25, -0.2) is 4.79 Å². The van der Waals surface area contributed by atoms with Crippen molar-refractivity contribution < 1.29 is 28.8 Å². The lowest BCUT2D eigenvalue weighted by Gasteiger charge is -2.37. The van der Waals surface area contributed by atoms with Crippen LogP contribution < -0.4 is 27.0 Å². The van der Waals surface area contributed by atoms with E-state index in [1.165, 1.54) is 11.9 Å². The predicted molar refractivity (Wildman–Crippen MR) is 142 cm³/mol. The summed E-state index contributed by atoms with van der Waals surface area (Å²) in [6, 6.07) is -3.50. The van der Waals surface area contributed by atoms with Gasteiger partial charge in [0.25, 0.3) is 5.91 Å². The van der Waals surface area contributed by atoms with Crippen molar-refractivity contribution in [1.29, 1.82) is 0 Å². The summed E-state index contributed by atoms with van der Waals surface area (Å²) in [6.07, 6.45) is 0. The van der Waals surface area contributed by atoms with E-state index < -0.39 is 65.0 Å². The van der Waals surface area contributed by atoms with Crippen LogP contribution in [0.15, 0.2) is 0 Å². The summed E-state index contributed by atoms with van der Waals surface area (Å²) in [4.78, 5) is 76.9. The van der Waals surface area contributed by atoms with Crippen molar-refractivity contribution in [2.24, 2.45) is 34.3 Å². The van der Waals surface area contributed by atoms with Gasteiger partial charge in [-0.1, -0.05) is 62.3 Å². The number of Topliss-reactive ketones (excluding diaryl/α,β-unsaturated/α-hetero) is 1. The highest BCUT2D eigenvalue weighted by Crippen LogP contribution is 2.37. The zero-order valence-electron chi connectivity index (χ0n) is 24.4. The third-order valence-corrected chi connectivity index (χ3v) is 6.90. The molecule has 6 amide bonds. The number of carbonyl (C=O) groups excluding carboxylic acids is 6. The minimum atomic E-state index is -1.16. The number of likely N-dealkylation sites (tertiary alicyclic amines) is 1. The SMILES string of the molecule is CNC(=O)[C@@H](NC(=O)N[C@H](C(=O)N1C[C@H](C)[C@H](C(C)C)[C@H]1C(=O)NCC(=O)C(N)=O)C(C)(C)C)C(C)(C)C. The number of nitrogens with zero attached hydrogens (tertiary/aromatic N) is 1. The predicted octanol–water partition coefficient (Wildman–Crippen LogP) is 0.151. The third-order valence-electron chi connectivity index (χ3n) is 6.90. The second kappa shape index (κ2) is 12.6. The van der Waals surface area contributed by atoms with Crippen molar-refractivity contribution in [3.05, 3.63) is 0 Å². The Balaban J connectivity index is 3.29. The number of nitrogens with two attached hydrogens (primary N) is 1. The normalized spacial score (nSPS) is 21.3. The van der Waals surface area contributed by atoms with Crippen molar-refractivity contribution >= 4 is 35.4 Å². The highest BCUT2D eigenvalue weighted by atomic mass is 16.2. The Bertz CT molecular complexity index is 935. The van der Waals surface area contributed by atoms with Gasteiger partial charge in [-0.2, -0.15) is 0 Å². The van der Waals surface area contributed by atoms with Gasteiger partial charge in [0.05, 0.1) is 6.54 Å². The zero-order chi connectivity index (χ0) is 29.7. The smallest absolute Gasteiger partial charge is 0.316 e. The van der Waals surface area contributed by atoms with Crippen LogP contribution in [0.2, 0.25) is 0 Å². The van der Waals surface area contributed by atoms with E-state index in [-0.39, 0.29) is 30.2 Å². The van der Waals surface area contributed by atoms with E-state index in [2.05, 4.69) is 21.3 Å². The van der Waals surface area contributed by atoms with Crippen LogP contribution in [0.5, 0.6) is 0 Å². The molecule has 0 spiro atoms. The Morgan fingerprint density at radius 3 is 1.84 bits per heavy atom. The molecule has 1 rings (SSSR count). The largest absolute Gasteiger partial charge is 0.363 e. The summed E-state index contributed by atoms with van der Waals surface area (Å²) in [5, 5.41) is 10.4. The van der Waals surface area contributed by atoms with Crippen LogP contribution in [0, 0.1) is 28.6 Å². The highest BCUT2D eigenvalue weighted by Gasteiger charge is 2.50. The first-order valence-electron chi connectivity index (χ1n) is 12.9. The molecule has 0 bridgehead atoms. The minimum Gasteiger partial charge on any atom is -0.363 e. The maximum Gasteiger partial charge on any atom is 0.316 e. The van der Waals surface area contributed by atoms with Gasteiger partial charge in [-0.05, 0) is 28.6 Å². The van der Waals surface area contributed by atoms with Crippen molar-refractivity contribution in [3.8, 4) is 0 Å². The number of hydrogen-bond donors (Lipinski definition) is 5. The standard InChI is InChI=1S/C26H46N6O6/c1-13(2)16-14(3)12-32(17(16)21(35)29-11-15(33)20(27)34)23(37)19(26(7,8)9)31-24(38)30-18(22(36)28-10)25(4,5)6/h13-14,16-19H,11-12H2,1-10H3,(H2,27,34)(H,28,36)(H,29,35)(H2,30,31,38)/t14-,16-,17-,18+,19+/m0/s1. The van der Waals surface area contributed by atoms with Gasteiger partial charge in [0.2, 0.25) is 23.5 Å². The number of nitrogens with one attached hydrogen (secondary N) is 4. The van der Waals surface area contributed by atoms with E-state index in [9.17, 15) is 28.8 Å². The van der Waals surface area contributed by atoms with Crippen molar-refractivity contribution in [3.63, 3.8) is 0 Å². The number of primary amides is 1. The molecule has 6 N–H and O–H groups in total. The third kappa shape index (κ3) is 8.16. The molecule has 0 aromatic heterocycles. The Hall–Kier alpha value is -3.18. The second-order valence-corrected chi connectivity index (χ2v) is 12.6. The van der Waals surface area contributed by atoms with Crippen molar-refractivity contribution in [2.75, 3.05) is 20.1 Å². The van der Waals surface area contributed by atoms with Gasteiger partial charge < -0.3 is 31.9 Å². The Labute approximate surface area is 225 Å². The van der Waals surface area contributed by atoms with Gasteiger partial charge >= 0.3 is 6.03 Å². The topological polar surface area (TPSA) is 180 Å². The number of rotatable bonds is 9. The van der Waals surface area contributed by atoms with Crippen LogP contribution in [0.3, 0.4) is 0 Å². The molecule has 1 heterocycles. The zero-order valence-corrected chi connectivity index (χ0v) is 24.4. The van der Waals surface area contributed by atoms with Gasteiger partial charge in [0.15, 0.2) is 0 Å². The summed E-state index contributed by atoms with van der Waals surface area (Å²) in [5.41, 5.74) is 3.65. The fourth-order valence-electron chi connectivity index (χ4n) is 4.93. The van der Waals surface area contributed by atoms with Crippen molar-refractivity contribution in [1.82, 2.24) is 26.2 Å². The van der Waals surface area contributed by atoms with Crippen LogP contribution >= 0.6 is 0 Å². The molecular formula is C26H46N6O6. The number of hydrogen-bond acceptors (Lipinski definition) is 6. The molecule has 1 saturated heterocycles. The number of likely N-dealkylation sites (N-methyl/N-ethyl adjacent to an activating group) is 1. The van der Waals surface area contributed by atoms with Crippen LogP contribution in [0.4, 0.5) is 4.79 Å². The molecule has 0 unspecified atom stereocenters. The number of carbonyl (C=O) groups is 6. The summed E-state index contributed by atoms with van der Waals surface area (Å²) in [7, 11) is 1.48. The van der Waals surface area contributed by atoms with Gasteiger partial charge in [-0.15, -0.1) is 0 Å². The molecule has 216 valence electrons. The van der Waals surface area contributed by atoms with E-state index >= 15 is 0 Å². The maximum absolute atomic E-state index is 14.0. The summed E-state index contributed by atoms with van der Waals surface area (Å²) < 4.78 is 0. The summed E-state index contributed by atoms with van der Waals surface area (Å²) in [5.74, 6) is -3.76. The average molecular weight is 539 g/mol. The monoisotopic (exact) mass is 538 g/mol. The van der Waals surface area contributed by atoms with E-state index in [1.807, 2.05) is 41.5 Å². The van der Waals surface area contributed by atoms with E-state index in [0.29, 0.717) is 0 Å². The van der Waals surface area contributed by atoms with Crippen LogP contribution in [-0.2, 0) is 24.0 Å². The summed E-state index contributed by atoms with van der Waals surface area (Å²) in [6.45, 7) is 16.3. The fraction of sp³-hybridized carbons (Fsp3) is 0.769. The molecule has 0 aromatic carbocycles. The highest BCUT2D eigenvalue weighted by molar-refractivity contribution is 6.36. The first-order valence-corrected chi connectivity index (χ1v) is 12.9. The maximum atomic E-state index is 14.0. The molecule has 38 heavy (non-hydrogen) atoms. The van der Waals surface area contributed by atoms with Gasteiger partial charge in [0.1, 0.15) is 18.1 Å². The van der Waals surface area contributed by atoms with E-state index in [1.54, 1.807) is 20.8 Å². The Morgan fingerprint density at radius 1 is 0.921 bits per heavy atom. The van der Waals surface area contributed by atoms with Crippen LogP contribution in [0.1, 0.15) is 62.3 Å². The molecular weight excluding hydrogens is 492 g/mol. The van der Waals surface area contributed by atoms with E-state index in [4.69, 9.17) is 5.73 Å². The first kappa shape index (κ1) is 32.8. The lowest BCUT2D eigenvalue weighted by atomic mass is 9.81. The molecule has 0 aromatic rings. The summed E-state index contributed by atoms with van der Waals surface area (Å²) >= 11 is 0. The molecule has 1 aliphatic rings. The average Bonchev–Trinajstić information content (AvgIpc) is 3.14. The first-order chi connectivity index (χ1) is 17.2. The molecule has 0 saturated carbocycles. The fourth-order valence-corrected chi connectivity index (χ4v) is 4.93. The molecule has 12 heteroatoms. The Kier molecular flexibility index (Phi) is 10.9. The Morgan fingerprint density at radius 2 is 1.42 bits per heavy atom. The number of urea groups is 1. The van der Waals surface area contributed by atoms with Crippen LogP contribution in [0.25, 0.3) is 0 Å². The lowest BCUT2D eigenvalue weighted by Crippen LogP contribution is -2.62. The van der Waals surface area contributed by atoms with Gasteiger partial charge in [-0.3, -0.25) is 24.0 Å². The molecule has 0 radical (unpaired) electrons. The molecule has 1 aliphatic heterocycles. The van der Waals surface area contributed by atoms with Crippen LogP contribution in [-0.4, -0.2) is 78.6 Å². The molecule has 1 fully saturated rings. The minimum absolute atomic E-state index is 0.0230. The van der Waals surface area contributed by atoms with Gasteiger partial charge in [0, 0.05) is 13.6 Å². The van der Waals surface area contributed by atoms with E-state index in [0.717, 1.165) is 0 Å². The number of ketones is 1.